The summed E-state index contributed by atoms with van der Waals surface area (Å²) in [6, 6.07) is 13.1. The highest BCUT2D eigenvalue weighted by atomic mass is 32.1. The van der Waals surface area contributed by atoms with Crippen molar-refractivity contribution in [2.24, 2.45) is 0 Å². The first-order valence-electron chi connectivity index (χ1n) is 10.7. The molecule has 0 bridgehead atoms. The Kier molecular flexibility index (Phi) is 6.83. The molecule has 2 N–H and O–H groups in total. The largest absolute Gasteiger partial charge is 0.497 e. The Hall–Kier alpha value is -4.18. The van der Waals surface area contributed by atoms with Gasteiger partial charge in [-0.05, 0) is 55.8 Å². The monoisotopic (exact) mass is 492 g/mol. The number of anilines is 2. The number of hydrogen-bond donors (Lipinski definition) is 2. The van der Waals surface area contributed by atoms with E-state index in [4.69, 9.17) is 9.47 Å². The number of nitrogens with one attached hydrogen (secondary N) is 2. The molecule has 1 atom stereocenters. The number of carbonyl (C=O) groups is 2. The van der Waals surface area contributed by atoms with Crippen LogP contribution in [0.1, 0.15) is 28.2 Å². The quantitative estimate of drug-likeness (QED) is 0.399. The zero-order valence-corrected chi connectivity index (χ0v) is 20.4. The minimum absolute atomic E-state index is 0.312. The average Bonchev–Trinajstić information content (AvgIpc) is 3.21. The van der Waals surface area contributed by atoms with E-state index in [-0.39, 0.29) is 11.8 Å². The second kappa shape index (κ2) is 9.98. The molecular weight excluding hydrogens is 468 g/mol. The van der Waals surface area contributed by atoms with E-state index in [1.165, 1.54) is 18.0 Å². The molecule has 4 rings (SSSR count). The number of amides is 2. The van der Waals surface area contributed by atoms with Crippen molar-refractivity contribution in [3.05, 3.63) is 75.7 Å². The van der Waals surface area contributed by atoms with Gasteiger partial charge in [-0.25, -0.2) is 4.98 Å². The van der Waals surface area contributed by atoms with Gasteiger partial charge in [-0.2, -0.15) is 0 Å². The van der Waals surface area contributed by atoms with Crippen molar-refractivity contribution in [2.45, 2.75) is 19.9 Å². The number of thiophene rings is 1. The SMILES string of the molecule is COc1ccc(NC(=O)C(C)n2cnc3sc(C(=O)Nc4ccccc4OC)c(C)c3c2=O)cc1. The fraction of sp³-hybridized carbons (Fsp3) is 0.200. The number of aromatic nitrogens is 2. The van der Waals surface area contributed by atoms with Crippen LogP contribution in [0.4, 0.5) is 11.4 Å². The van der Waals surface area contributed by atoms with Crippen LogP contribution in [0.15, 0.2) is 59.7 Å². The average molecular weight is 493 g/mol. The molecule has 9 nitrogen and oxygen atoms in total. The zero-order valence-electron chi connectivity index (χ0n) is 19.6. The van der Waals surface area contributed by atoms with Crippen LogP contribution in [0.5, 0.6) is 11.5 Å². The Morgan fingerprint density at radius 2 is 1.74 bits per heavy atom. The van der Waals surface area contributed by atoms with Gasteiger partial charge in [0, 0.05) is 5.69 Å². The van der Waals surface area contributed by atoms with Crippen LogP contribution in [0.25, 0.3) is 10.2 Å². The van der Waals surface area contributed by atoms with E-state index in [1.54, 1.807) is 69.5 Å². The highest BCUT2D eigenvalue weighted by molar-refractivity contribution is 7.20. The summed E-state index contributed by atoms with van der Waals surface area (Å²) in [7, 11) is 3.08. The van der Waals surface area contributed by atoms with Gasteiger partial charge in [0.2, 0.25) is 5.91 Å². The van der Waals surface area contributed by atoms with E-state index in [9.17, 15) is 14.4 Å². The Morgan fingerprint density at radius 1 is 1.03 bits per heavy atom. The summed E-state index contributed by atoms with van der Waals surface area (Å²) in [5.74, 6) is 0.448. The van der Waals surface area contributed by atoms with Crippen LogP contribution in [0.3, 0.4) is 0 Å². The topological polar surface area (TPSA) is 112 Å². The highest BCUT2D eigenvalue weighted by Crippen LogP contribution is 2.30. The van der Waals surface area contributed by atoms with Gasteiger partial charge in [-0.1, -0.05) is 12.1 Å². The van der Waals surface area contributed by atoms with E-state index in [0.717, 1.165) is 11.3 Å². The van der Waals surface area contributed by atoms with Gasteiger partial charge in [0.15, 0.2) is 0 Å². The zero-order chi connectivity index (χ0) is 25.1. The van der Waals surface area contributed by atoms with E-state index in [1.807, 2.05) is 0 Å². The van der Waals surface area contributed by atoms with Crippen molar-refractivity contribution in [3.63, 3.8) is 0 Å². The number of rotatable bonds is 7. The third kappa shape index (κ3) is 4.73. The number of nitrogens with zero attached hydrogens (tertiary/aromatic N) is 2. The van der Waals surface area contributed by atoms with E-state index in [2.05, 4.69) is 15.6 Å². The number of benzene rings is 2. The van der Waals surface area contributed by atoms with Gasteiger partial charge < -0.3 is 20.1 Å². The fourth-order valence-corrected chi connectivity index (χ4v) is 4.64. The Bertz CT molecular complexity index is 1460. The van der Waals surface area contributed by atoms with Gasteiger partial charge in [-0.15, -0.1) is 11.3 Å². The van der Waals surface area contributed by atoms with E-state index in [0.29, 0.717) is 43.5 Å². The van der Waals surface area contributed by atoms with Crippen molar-refractivity contribution in [3.8, 4) is 11.5 Å². The summed E-state index contributed by atoms with van der Waals surface area (Å²) >= 11 is 1.12. The lowest BCUT2D eigenvalue weighted by molar-refractivity contribution is -0.118. The van der Waals surface area contributed by atoms with Gasteiger partial charge in [-0.3, -0.25) is 19.0 Å². The number of fused-ring (bicyclic) bond motifs is 1. The Morgan fingerprint density at radius 3 is 2.43 bits per heavy atom. The van der Waals surface area contributed by atoms with E-state index >= 15 is 0 Å². The third-order valence-electron chi connectivity index (χ3n) is 5.59. The molecule has 0 aliphatic carbocycles. The predicted molar refractivity (Wildman–Crippen MR) is 136 cm³/mol. The molecule has 2 aromatic carbocycles. The molecule has 10 heteroatoms. The van der Waals surface area contributed by atoms with Gasteiger partial charge in [0.1, 0.15) is 22.4 Å². The highest BCUT2D eigenvalue weighted by Gasteiger charge is 2.23. The molecule has 0 saturated heterocycles. The third-order valence-corrected chi connectivity index (χ3v) is 6.79. The molecule has 1 unspecified atom stereocenters. The minimum Gasteiger partial charge on any atom is -0.497 e. The van der Waals surface area contributed by atoms with Crippen molar-refractivity contribution >= 4 is 44.7 Å². The summed E-state index contributed by atoms with van der Waals surface area (Å²) in [5, 5.41) is 5.93. The maximum absolute atomic E-state index is 13.3. The van der Waals surface area contributed by atoms with Gasteiger partial charge >= 0.3 is 0 Å². The summed E-state index contributed by atoms with van der Waals surface area (Å²) < 4.78 is 11.7. The molecule has 2 aromatic heterocycles. The van der Waals surface area contributed by atoms with Crippen molar-refractivity contribution in [2.75, 3.05) is 24.9 Å². The Balaban J connectivity index is 1.61. The van der Waals surface area contributed by atoms with Gasteiger partial charge in [0.25, 0.3) is 11.5 Å². The number of aryl methyl sites for hydroxylation is 1. The lowest BCUT2D eigenvalue weighted by Gasteiger charge is -2.15. The summed E-state index contributed by atoms with van der Waals surface area (Å²) in [6.07, 6.45) is 1.33. The Labute approximate surface area is 205 Å². The second-order valence-corrected chi connectivity index (χ2v) is 8.74. The maximum Gasteiger partial charge on any atom is 0.266 e. The van der Waals surface area contributed by atoms with Crippen molar-refractivity contribution < 1.29 is 19.1 Å². The van der Waals surface area contributed by atoms with E-state index < -0.39 is 11.6 Å². The molecule has 0 aliphatic rings. The lowest BCUT2D eigenvalue weighted by Crippen LogP contribution is -2.31. The van der Waals surface area contributed by atoms with Crippen LogP contribution in [0.2, 0.25) is 0 Å². The fourth-order valence-electron chi connectivity index (χ4n) is 3.60. The molecule has 0 aliphatic heterocycles. The lowest BCUT2D eigenvalue weighted by atomic mass is 10.2. The molecule has 0 fully saturated rings. The van der Waals surface area contributed by atoms with Crippen LogP contribution in [0, 0.1) is 6.92 Å². The molecule has 0 spiro atoms. The number of carbonyl (C=O) groups excluding carboxylic acids is 2. The molecule has 0 radical (unpaired) electrons. The molecule has 35 heavy (non-hydrogen) atoms. The number of para-hydroxylation sites is 2. The number of ether oxygens (including phenoxy) is 2. The van der Waals surface area contributed by atoms with Gasteiger partial charge in [0.05, 0.1) is 36.5 Å². The predicted octanol–water partition coefficient (Wildman–Crippen LogP) is 4.24. The van der Waals surface area contributed by atoms with Crippen LogP contribution in [-0.4, -0.2) is 35.6 Å². The number of methoxy groups -OCH3 is 2. The number of hydrogen-bond acceptors (Lipinski definition) is 7. The van der Waals surface area contributed by atoms with Crippen molar-refractivity contribution in [1.29, 1.82) is 0 Å². The van der Waals surface area contributed by atoms with Crippen LogP contribution in [-0.2, 0) is 4.79 Å². The minimum atomic E-state index is -0.827. The van der Waals surface area contributed by atoms with Crippen LogP contribution >= 0.6 is 11.3 Å². The second-order valence-electron chi connectivity index (χ2n) is 7.74. The maximum atomic E-state index is 13.3. The molecule has 2 amide bonds. The molecular formula is C25H24N4O5S. The summed E-state index contributed by atoms with van der Waals surface area (Å²) in [5.41, 5.74) is 1.21. The first-order chi connectivity index (χ1) is 16.8. The van der Waals surface area contributed by atoms with Crippen LogP contribution < -0.4 is 25.7 Å². The summed E-state index contributed by atoms with van der Waals surface area (Å²) in [4.78, 5) is 44.3. The molecule has 180 valence electrons. The first-order valence-corrected chi connectivity index (χ1v) is 11.5. The first kappa shape index (κ1) is 24.0. The molecule has 0 saturated carbocycles. The summed E-state index contributed by atoms with van der Waals surface area (Å²) in [6.45, 7) is 3.32. The normalized spacial score (nSPS) is 11.7. The molecule has 4 aromatic rings. The standard InChI is InChI=1S/C25H24N4O5S/c1-14-20-24(35-21(14)23(31)28-18-7-5-6-8-19(18)34-4)26-13-29(25(20)32)15(2)22(30)27-16-9-11-17(33-3)12-10-16/h5-13,15H,1-4H3,(H,27,30)(H,28,31). The molecule has 2 heterocycles. The van der Waals surface area contributed by atoms with Crippen molar-refractivity contribution in [1.82, 2.24) is 9.55 Å². The smallest absolute Gasteiger partial charge is 0.266 e.